The van der Waals surface area contributed by atoms with Crippen molar-refractivity contribution >= 4 is 19.4 Å². The average Bonchev–Trinajstić information content (AvgIpc) is 2.48. The first-order valence-corrected chi connectivity index (χ1v) is 8.45. The summed E-state index contributed by atoms with van der Waals surface area (Å²) in [5, 5.41) is 0.703. The van der Waals surface area contributed by atoms with Crippen LogP contribution in [-0.2, 0) is 10.9 Å². The van der Waals surface area contributed by atoms with E-state index in [1.165, 1.54) is 12.1 Å². The molecular weight excluding hydrogens is 344 g/mol. The number of ether oxygens (including phenoxy) is 1. The van der Waals surface area contributed by atoms with E-state index in [1.54, 1.807) is 13.2 Å². The van der Waals surface area contributed by atoms with Crippen LogP contribution in [0, 0.1) is 0 Å². The van der Waals surface area contributed by atoms with Crippen LogP contribution in [0.15, 0.2) is 54.6 Å². The van der Waals surface area contributed by atoms with E-state index in [9.17, 15) is 13.2 Å². The van der Waals surface area contributed by atoms with Gasteiger partial charge in [0.1, 0.15) is 0 Å². The van der Waals surface area contributed by atoms with Crippen LogP contribution in [0.3, 0.4) is 0 Å². The molecule has 21 heavy (non-hydrogen) atoms. The van der Waals surface area contributed by atoms with Crippen LogP contribution in [0.5, 0.6) is 0 Å². The van der Waals surface area contributed by atoms with Crippen LogP contribution in [0.25, 0.3) is 0 Å². The van der Waals surface area contributed by atoms with Gasteiger partial charge in [-0.2, -0.15) is 0 Å². The van der Waals surface area contributed by atoms with Crippen LogP contribution in [-0.4, -0.2) is 22.1 Å². The van der Waals surface area contributed by atoms with Gasteiger partial charge in [-0.15, -0.1) is 0 Å². The summed E-state index contributed by atoms with van der Waals surface area (Å²) in [5.41, 5.74) is 0.462. The van der Waals surface area contributed by atoms with E-state index in [0.29, 0.717) is 5.32 Å². The molecule has 5 heteroatoms. The van der Waals surface area contributed by atoms with Gasteiger partial charge in [-0.25, -0.2) is 0 Å². The molecule has 0 radical (unpaired) electrons. The fourth-order valence-corrected chi connectivity index (χ4v) is 4.12. The molecule has 0 bridgehead atoms. The summed E-state index contributed by atoms with van der Waals surface area (Å²) in [6.07, 6.45) is -4.37. The molecule has 0 saturated heterocycles. The summed E-state index contributed by atoms with van der Waals surface area (Å²) in [5.74, 6) is 0. The van der Waals surface area contributed by atoms with E-state index >= 15 is 0 Å². The quantitative estimate of drug-likeness (QED) is 0.737. The number of methoxy groups -OCH3 is 1. The van der Waals surface area contributed by atoms with Gasteiger partial charge in [-0.3, -0.25) is 0 Å². The van der Waals surface area contributed by atoms with Crippen molar-refractivity contribution in [1.82, 2.24) is 0 Å². The molecule has 0 spiro atoms. The Kier molecular flexibility index (Phi) is 5.45. The Morgan fingerprint density at radius 3 is 2.38 bits per heavy atom. The second kappa shape index (κ2) is 7.12. The maximum absolute atomic E-state index is 12.7. The molecule has 0 N–H and O–H groups in total. The topological polar surface area (TPSA) is 9.23 Å². The van der Waals surface area contributed by atoms with Gasteiger partial charge in [0.15, 0.2) is 0 Å². The summed E-state index contributed by atoms with van der Waals surface area (Å²) in [4.78, 5) is 0. The molecule has 112 valence electrons. The third-order valence-corrected chi connectivity index (χ3v) is 5.24. The molecule has 1 nitrogen and oxygen atoms in total. The Bertz CT molecular complexity index is 569. The zero-order valence-corrected chi connectivity index (χ0v) is 13.1. The molecule has 0 aromatic heterocycles. The SMILES string of the molecule is COC(C[Se]c1cccc(C(F)(F)F)c1)c1ccccc1. The van der Waals surface area contributed by atoms with Crippen molar-refractivity contribution in [3.8, 4) is 0 Å². The molecule has 2 aromatic carbocycles. The van der Waals surface area contributed by atoms with E-state index in [-0.39, 0.29) is 21.1 Å². The van der Waals surface area contributed by atoms with E-state index in [4.69, 9.17) is 4.74 Å². The van der Waals surface area contributed by atoms with Crippen molar-refractivity contribution in [2.24, 2.45) is 0 Å². The number of hydrogen-bond acceptors (Lipinski definition) is 1. The van der Waals surface area contributed by atoms with Crippen molar-refractivity contribution in [2.75, 3.05) is 7.11 Å². The fraction of sp³-hybridized carbons (Fsp3) is 0.250. The first-order valence-electron chi connectivity index (χ1n) is 6.38. The van der Waals surface area contributed by atoms with Crippen LogP contribution in [0.2, 0.25) is 5.32 Å². The number of halogens is 3. The Morgan fingerprint density at radius 2 is 1.76 bits per heavy atom. The molecule has 0 saturated carbocycles. The van der Waals surface area contributed by atoms with E-state index in [1.807, 2.05) is 30.3 Å². The summed E-state index contributed by atoms with van der Waals surface area (Å²) in [6, 6.07) is 15.3. The Labute approximate surface area is 128 Å². The molecule has 2 aromatic rings. The number of alkyl halides is 3. The number of hydrogen-bond donors (Lipinski definition) is 0. The van der Waals surface area contributed by atoms with Gasteiger partial charge < -0.3 is 0 Å². The Morgan fingerprint density at radius 1 is 1.05 bits per heavy atom. The zero-order valence-electron chi connectivity index (χ0n) is 11.4. The van der Waals surface area contributed by atoms with Gasteiger partial charge in [0.05, 0.1) is 0 Å². The van der Waals surface area contributed by atoms with E-state index in [0.717, 1.165) is 16.1 Å². The monoisotopic (exact) mass is 360 g/mol. The van der Waals surface area contributed by atoms with Crippen molar-refractivity contribution in [1.29, 1.82) is 0 Å². The van der Waals surface area contributed by atoms with E-state index < -0.39 is 11.7 Å². The zero-order chi connectivity index (χ0) is 15.3. The molecule has 1 atom stereocenters. The van der Waals surface area contributed by atoms with Gasteiger partial charge in [0.25, 0.3) is 0 Å². The fourth-order valence-electron chi connectivity index (χ4n) is 1.90. The van der Waals surface area contributed by atoms with Crippen molar-refractivity contribution in [3.63, 3.8) is 0 Å². The molecule has 0 aliphatic rings. The van der Waals surface area contributed by atoms with Crippen LogP contribution in [0.4, 0.5) is 13.2 Å². The summed E-state index contributed by atoms with van der Waals surface area (Å²) < 4.78 is 44.2. The third-order valence-electron chi connectivity index (χ3n) is 3.02. The van der Waals surface area contributed by atoms with Gasteiger partial charge in [0.2, 0.25) is 0 Å². The van der Waals surface area contributed by atoms with Gasteiger partial charge in [-0.05, 0) is 0 Å². The molecule has 0 amide bonds. The van der Waals surface area contributed by atoms with Crippen molar-refractivity contribution in [2.45, 2.75) is 17.6 Å². The molecule has 0 aliphatic heterocycles. The minimum absolute atomic E-state index is 0.0716. The van der Waals surface area contributed by atoms with Crippen LogP contribution < -0.4 is 4.46 Å². The van der Waals surface area contributed by atoms with Crippen LogP contribution >= 0.6 is 0 Å². The normalized spacial score (nSPS) is 13.1. The summed E-state index contributed by atoms with van der Waals surface area (Å²) >= 11 is -0.0716. The van der Waals surface area contributed by atoms with Crippen molar-refractivity contribution in [3.05, 3.63) is 65.7 Å². The second-order valence-corrected chi connectivity index (χ2v) is 6.77. The first-order chi connectivity index (χ1) is 10.0. The molecule has 0 heterocycles. The van der Waals surface area contributed by atoms with Crippen LogP contribution in [0.1, 0.15) is 17.2 Å². The number of benzene rings is 2. The van der Waals surface area contributed by atoms with Gasteiger partial charge in [0, 0.05) is 0 Å². The predicted molar refractivity (Wildman–Crippen MR) is 77.8 cm³/mol. The predicted octanol–water partition coefficient (Wildman–Crippen LogP) is 3.84. The molecular formula is C16H15F3OSe. The standard InChI is InChI=1S/C16H15F3OSe/c1-20-15(12-6-3-2-4-7-12)11-21-14-9-5-8-13(10-14)16(17,18)19/h2-10,15H,11H2,1H3. The summed E-state index contributed by atoms with van der Waals surface area (Å²) in [7, 11) is 1.62. The maximum atomic E-state index is 12.7. The average molecular weight is 359 g/mol. The molecule has 2 rings (SSSR count). The van der Waals surface area contributed by atoms with Gasteiger partial charge >= 0.3 is 128 Å². The summed E-state index contributed by atoms with van der Waals surface area (Å²) in [6.45, 7) is 0. The Hall–Kier alpha value is -1.29. The van der Waals surface area contributed by atoms with E-state index in [2.05, 4.69) is 0 Å². The molecule has 0 fully saturated rings. The molecule has 1 unspecified atom stereocenters. The Balaban J connectivity index is 2.05. The molecule has 0 aliphatic carbocycles. The van der Waals surface area contributed by atoms with Gasteiger partial charge in [-0.1, -0.05) is 0 Å². The number of rotatable bonds is 5. The first kappa shape index (κ1) is 16.1. The minimum atomic E-state index is -4.29. The second-order valence-electron chi connectivity index (χ2n) is 4.47. The third kappa shape index (κ3) is 4.60. The van der Waals surface area contributed by atoms with Crippen molar-refractivity contribution < 1.29 is 17.9 Å².